The third-order valence-corrected chi connectivity index (χ3v) is 3.85. The standard InChI is InChI=1S/C16H14N6O/c1-9-7-13(23)21-22-14(9)10-3-2-4-11-15(10)20-16(19-11)12-8-17-5-6-18-12/h2-6,8-9H,7H2,1H3,(H,19,20)(H,21,23). The molecule has 1 amide bonds. The molecule has 2 N–H and O–H groups in total. The average Bonchev–Trinajstić information content (AvgIpc) is 3.00. The van der Waals surface area contributed by atoms with Crippen molar-refractivity contribution in [3.8, 4) is 11.5 Å². The van der Waals surface area contributed by atoms with E-state index in [9.17, 15) is 4.79 Å². The first-order valence-electron chi connectivity index (χ1n) is 7.34. The Morgan fingerprint density at radius 1 is 1.26 bits per heavy atom. The van der Waals surface area contributed by atoms with Crippen LogP contribution in [-0.4, -0.2) is 31.6 Å². The molecular formula is C16H14N6O. The number of hydrazone groups is 1. The number of H-pyrrole nitrogens is 1. The summed E-state index contributed by atoms with van der Waals surface area (Å²) in [5.41, 5.74) is 6.71. The number of carbonyl (C=O) groups excluding carboxylic acids is 1. The van der Waals surface area contributed by atoms with Gasteiger partial charge in [0.05, 0.1) is 22.9 Å². The zero-order valence-corrected chi connectivity index (χ0v) is 12.4. The van der Waals surface area contributed by atoms with Crippen molar-refractivity contribution in [2.75, 3.05) is 0 Å². The number of fused-ring (bicyclic) bond motifs is 1. The van der Waals surface area contributed by atoms with Crippen LogP contribution in [0, 0.1) is 5.92 Å². The second kappa shape index (κ2) is 5.28. The van der Waals surface area contributed by atoms with E-state index in [-0.39, 0.29) is 11.8 Å². The summed E-state index contributed by atoms with van der Waals surface area (Å²) < 4.78 is 0. The van der Waals surface area contributed by atoms with E-state index < -0.39 is 0 Å². The molecule has 0 saturated carbocycles. The Hall–Kier alpha value is -3.09. The van der Waals surface area contributed by atoms with Crippen LogP contribution in [0.5, 0.6) is 0 Å². The van der Waals surface area contributed by atoms with Crippen LogP contribution < -0.4 is 5.43 Å². The number of nitrogens with zero attached hydrogens (tertiary/aromatic N) is 4. The number of amides is 1. The van der Waals surface area contributed by atoms with Crippen molar-refractivity contribution in [2.45, 2.75) is 13.3 Å². The van der Waals surface area contributed by atoms with Crippen molar-refractivity contribution in [3.05, 3.63) is 42.4 Å². The van der Waals surface area contributed by atoms with Gasteiger partial charge in [-0.1, -0.05) is 19.1 Å². The smallest absolute Gasteiger partial charge is 0.240 e. The summed E-state index contributed by atoms with van der Waals surface area (Å²) in [7, 11) is 0. The maximum Gasteiger partial charge on any atom is 0.240 e. The zero-order valence-electron chi connectivity index (χ0n) is 12.4. The van der Waals surface area contributed by atoms with Crippen LogP contribution in [0.25, 0.3) is 22.6 Å². The van der Waals surface area contributed by atoms with Crippen molar-refractivity contribution >= 4 is 22.7 Å². The number of hydrogen-bond donors (Lipinski definition) is 2. The topological polar surface area (TPSA) is 95.9 Å². The molecule has 0 saturated heterocycles. The van der Waals surface area contributed by atoms with Gasteiger partial charge in [-0.15, -0.1) is 0 Å². The van der Waals surface area contributed by atoms with E-state index in [1.54, 1.807) is 18.6 Å². The van der Waals surface area contributed by atoms with Crippen LogP contribution in [-0.2, 0) is 4.79 Å². The van der Waals surface area contributed by atoms with Gasteiger partial charge >= 0.3 is 0 Å². The molecule has 2 aromatic heterocycles. The molecule has 0 radical (unpaired) electrons. The van der Waals surface area contributed by atoms with Crippen molar-refractivity contribution in [2.24, 2.45) is 11.0 Å². The SMILES string of the molecule is CC1CC(=O)NN=C1c1cccc2[nH]c(-c3cnccn3)nc12. The Morgan fingerprint density at radius 3 is 2.96 bits per heavy atom. The fourth-order valence-corrected chi connectivity index (χ4v) is 2.76. The molecule has 0 bridgehead atoms. The van der Waals surface area contributed by atoms with Gasteiger partial charge in [0, 0.05) is 30.3 Å². The summed E-state index contributed by atoms with van der Waals surface area (Å²) in [5.74, 6) is 0.648. The Kier molecular flexibility index (Phi) is 3.11. The van der Waals surface area contributed by atoms with E-state index in [2.05, 4.69) is 30.5 Å². The van der Waals surface area contributed by atoms with Crippen molar-refractivity contribution < 1.29 is 4.79 Å². The fourth-order valence-electron chi connectivity index (χ4n) is 2.76. The summed E-state index contributed by atoms with van der Waals surface area (Å²) in [6.07, 6.45) is 5.35. The molecule has 23 heavy (non-hydrogen) atoms. The lowest BCUT2D eigenvalue weighted by Crippen LogP contribution is -2.32. The number of hydrogen-bond acceptors (Lipinski definition) is 5. The van der Waals surface area contributed by atoms with Gasteiger partial charge in [-0.05, 0) is 6.07 Å². The number of benzene rings is 1. The lowest BCUT2D eigenvalue weighted by Gasteiger charge is -2.19. The number of rotatable bonds is 2. The molecule has 1 unspecified atom stereocenters. The monoisotopic (exact) mass is 306 g/mol. The van der Waals surface area contributed by atoms with Crippen molar-refractivity contribution in [1.29, 1.82) is 0 Å². The number of para-hydroxylation sites is 1. The van der Waals surface area contributed by atoms with E-state index in [0.717, 1.165) is 22.3 Å². The quantitative estimate of drug-likeness (QED) is 0.755. The maximum absolute atomic E-state index is 11.4. The lowest BCUT2D eigenvalue weighted by atomic mass is 9.93. The van der Waals surface area contributed by atoms with Crippen LogP contribution in [0.3, 0.4) is 0 Å². The number of nitrogens with one attached hydrogen (secondary N) is 2. The van der Waals surface area contributed by atoms with E-state index in [0.29, 0.717) is 17.9 Å². The largest absolute Gasteiger partial charge is 0.337 e. The second-order valence-corrected chi connectivity index (χ2v) is 5.51. The molecule has 0 aliphatic carbocycles. The first kappa shape index (κ1) is 13.6. The van der Waals surface area contributed by atoms with Gasteiger partial charge in [0.1, 0.15) is 5.69 Å². The van der Waals surface area contributed by atoms with Gasteiger partial charge in [-0.25, -0.2) is 15.4 Å². The van der Waals surface area contributed by atoms with Gasteiger partial charge < -0.3 is 4.98 Å². The normalized spacial score (nSPS) is 17.9. The molecule has 1 atom stereocenters. The van der Waals surface area contributed by atoms with E-state index >= 15 is 0 Å². The molecule has 1 aliphatic rings. The van der Waals surface area contributed by atoms with Crippen molar-refractivity contribution in [3.63, 3.8) is 0 Å². The summed E-state index contributed by atoms with van der Waals surface area (Å²) in [5, 5.41) is 4.23. The molecule has 7 nitrogen and oxygen atoms in total. The van der Waals surface area contributed by atoms with Crippen LogP contribution in [0.1, 0.15) is 18.9 Å². The molecule has 4 rings (SSSR count). The highest BCUT2D eigenvalue weighted by Crippen LogP contribution is 2.25. The number of aromatic amines is 1. The maximum atomic E-state index is 11.4. The predicted octanol–water partition coefficient (Wildman–Crippen LogP) is 1.88. The molecule has 7 heteroatoms. The van der Waals surface area contributed by atoms with E-state index in [1.165, 1.54) is 0 Å². The molecule has 1 aliphatic heterocycles. The minimum atomic E-state index is -0.0595. The average molecular weight is 306 g/mol. The fraction of sp³-hybridized carbons (Fsp3) is 0.188. The van der Waals surface area contributed by atoms with Gasteiger partial charge in [0.25, 0.3) is 0 Å². The lowest BCUT2D eigenvalue weighted by molar-refractivity contribution is -0.121. The van der Waals surface area contributed by atoms with Crippen molar-refractivity contribution in [1.82, 2.24) is 25.4 Å². The highest BCUT2D eigenvalue weighted by atomic mass is 16.2. The third kappa shape index (κ3) is 2.36. The minimum Gasteiger partial charge on any atom is -0.337 e. The van der Waals surface area contributed by atoms with Gasteiger partial charge in [0.2, 0.25) is 5.91 Å². The molecule has 114 valence electrons. The Morgan fingerprint density at radius 2 is 2.17 bits per heavy atom. The first-order valence-corrected chi connectivity index (χ1v) is 7.34. The Labute approximate surface area is 131 Å². The minimum absolute atomic E-state index is 0.0472. The number of carbonyl (C=O) groups is 1. The molecule has 3 aromatic rings. The van der Waals surface area contributed by atoms with Crippen LogP contribution in [0.4, 0.5) is 0 Å². The Bertz CT molecular complexity index is 915. The van der Waals surface area contributed by atoms with E-state index in [1.807, 2.05) is 25.1 Å². The zero-order chi connectivity index (χ0) is 15.8. The number of imidazole rings is 1. The van der Waals surface area contributed by atoms with Crippen LogP contribution in [0.15, 0.2) is 41.9 Å². The van der Waals surface area contributed by atoms with Gasteiger partial charge in [-0.2, -0.15) is 5.10 Å². The summed E-state index contributed by atoms with van der Waals surface area (Å²) in [6.45, 7) is 1.99. The Balaban J connectivity index is 1.86. The molecular weight excluding hydrogens is 292 g/mol. The summed E-state index contributed by atoms with van der Waals surface area (Å²) in [6, 6.07) is 5.87. The molecule has 0 fully saturated rings. The van der Waals surface area contributed by atoms with Crippen LogP contribution in [0.2, 0.25) is 0 Å². The third-order valence-electron chi connectivity index (χ3n) is 3.85. The molecule has 0 spiro atoms. The number of aromatic nitrogens is 4. The first-order chi connectivity index (χ1) is 11.2. The predicted molar refractivity (Wildman–Crippen MR) is 85.6 cm³/mol. The summed E-state index contributed by atoms with van der Waals surface area (Å²) in [4.78, 5) is 27.7. The van der Waals surface area contributed by atoms with Gasteiger partial charge in [-0.3, -0.25) is 9.78 Å². The molecule has 1 aromatic carbocycles. The summed E-state index contributed by atoms with van der Waals surface area (Å²) >= 11 is 0. The van der Waals surface area contributed by atoms with Gasteiger partial charge in [0.15, 0.2) is 5.82 Å². The highest BCUT2D eigenvalue weighted by Gasteiger charge is 2.24. The second-order valence-electron chi connectivity index (χ2n) is 5.51. The van der Waals surface area contributed by atoms with Crippen LogP contribution >= 0.6 is 0 Å². The molecule has 3 heterocycles. The van der Waals surface area contributed by atoms with E-state index in [4.69, 9.17) is 0 Å². The highest BCUT2D eigenvalue weighted by molar-refractivity contribution is 6.12.